The Kier molecular flexibility index (Phi) is 2.80. The van der Waals surface area contributed by atoms with Gasteiger partial charge < -0.3 is 9.88 Å². The van der Waals surface area contributed by atoms with Crippen LogP contribution in [-0.4, -0.2) is 39.2 Å². The molecule has 0 aliphatic carbocycles. The fourth-order valence-corrected chi connectivity index (χ4v) is 2.65. The van der Waals surface area contributed by atoms with Gasteiger partial charge in [-0.3, -0.25) is 0 Å². The summed E-state index contributed by atoms with van der Waals surface area (Å²) in [6.07, 6.45) is 5.10. The molecule has 0 spiro atoms. The first-order chi connectivity index (χ1) is 10.3. The van der Waals surface area contributed by atoms with Crippen LogP contribution >= 0.6 is 0 Å². The van der Waals surface area contributed by atoms with Crippen molar-refractivity contribution >= 4 is 17.0 Å². The lowest BCUT2D eigenvalue weighted by atomic mass is 10.2. The average Bonchev–Trinajstić information content (AvgIpc) is 3.15. The smallest absolute Gasteiger partial charge is 0.156 e. The summed E-state index contributed by atoms with van der Waals surface area (Å²) in [7, 11) is 0. The molecular weight excluding hydrogens is 269 g/mol. The molecule has 4 rings (SSSR count). The maximum absolute atomic E-state index is 13.3. The molecule has 3 aromatic rings. The van der Waals surface area contributed by atoms with Gasteiger partial charge in [0.2, 0.25) is 0 Å². The van der Waals surface area contributed by atoms with Gasteiger partial charge in [-0.25, -0.2) is 19.3 Å². The van der Waals surface area contributed by atoms with Gasteiger partial charge in [0.05, 0.1) is 18.4 Å². The van der Waals surface area contributed by atoms with Crippen molar-refractivity contribution in [2.45, 2.75) is 12.6 Å². The SMILES string of the molecule is F[C@H]1CCN(c2cc(-c3cnc4[nH]ccc4n3)ccn2)C1. The van der Waals surface area contributed by atoms with E-state index in [1.807, 2.05) is 29.3 Å². The number of halogens is 1. The Hall–Kier alpha value is -2.50. The summed E-state index contributed by atoms with van der Waals surface area (Å²) < 4.78 is 13.3. The number of fused-ring (bicyclic) bond motifs is 1. The quantitative estimate of drug-likeness (QED) is 0.785. The number of H-pyrrole nitrogens is 1. The summed E-state index contributed by atoms with van der Waals surface area (Å²) in [4.78, 5) is 18.2. The van der Waals surface area contributed by atoms with Crippen molar-refractivity contribution in [1.82, 2.24) is 19.9 Å². The van der Waals surface area contributed by atoms with E-state index in [4.69, 9.17) is 0 Å². The molecule has 0 bridgehead atoms. The second kappa shape index (κ2) is 4.80. The Morgan fingerprint density at radius 1 is 1.29 bits per heavy atom. The van der Waals surface area contributed by atoms with Gasteiger partial charge in [-0.15, -0.1) is 0 Å². The molecule has 1 atom stereocenters. The molecule has 0 radical (unpaired) electrons. The molecule has 1 aliphatic heterocycles. The Morgan fingerprint density at radius 2 is 2.24 bits per heavy atom. The Bertz CT molecular complexity index is 784. The van der Waals surface area contributed by atoms with Crippen LogP contribution < -0.4 is 4.90 Å². The van der Waals surface area contributed by atoms with Crippen LogP contribution in [0.4, 0.5) is 10.2 Å². The number of aromatic nitrogens is 4. The van der Waals surface area contributed by atoms with Gasteiger partial charge in [0.25, 0.3) is 0 Å². The van der Waals surface area contributed by atoms with Crippen LogP contribution in [0.25, 0.3) is 22.4 Å². The van der Waals surface area contributed by atoms with Crippen LogP contribution in [0.1, 0.15) is 6.42 Å². The number of nitrogens with one attached hydrogen (secondary N) is 1. The second-order valence-electron chi connectivity index (χ2n) is 5.20. The van der Waals surface area contributed by atoms with E-state index in [1.54, 1.807) is 12.4 Å². The van der Waals surface area contributed by atoms with E-state index in [9.17, 15) is 4.39 Å². The maximum Gasteiger partial charge on any atom is 0.156 e. The van der Waals surface area contributed by atoms with Gasteiger partial charge in [-0.2, -0.15) is 0 Å². The number of alkyl halides is 1. The highest BCUT2D eigenvalue weighted by molar-refractivity contribution is 5.74. The highest BCUT2D eigenvalue weighted by Crippen LogP contribution is 2.25. The van der Waals surface area contributed by atoms with Crippen LogP contribution in [0.5, 0.6) is 0 Å². The third-order valence-corrected chi connectivity index (χ3v) is 3.76. The minimum Gasteiger partial charge on any atom is -0.354 e. The molecule has 4 heterocycles. The fraction of sp³-hybridized carbons (Fsp3) is 0.267. The third kappa shape index (κ3) is 2.22. The number of nitrogens with zero attached hydrogens (tertiary/aromatic N) is 4. The molecule has 0 aromatic carbocycles. The molecule has 0 amide bonds. The molecular formula is C15H14FN5. The van der Waals surface area contributed by atoms with E-state index < -0.39 is 6.17 Å². The van der Waals surface area contributed by atoms with Crippen molar-refractivity contribution in [3.05, 3.63) is 36.8 Å². The molecule has 0 saturated carbocycles. The Balaban J connectivity index is 1.71. The third-order valence-electron chi connectivity index (χ3n) is 3.76. The van der Waals surface area contributed by atoms with Crippen LogP contribution in [-0.2, 0) is 0 Å². The molecule has 106 valence electrons. The van der Waals surface area contributed by atoms with Crippen molar-refractivity contribution in [3.8, 4) is 11.3 Å². The first kappa shape index (κ1) is 12.3. The molecule has 0 unspecified atom stereocenters. The lowest BCUT2D eigenvalue weighted by molar-refractivity contribution is 0.364. The van der Waals surface area contributed by atoms with E-state index in [0.29, 0.717) is 19.5 Å². The molecule has 6 heteroatoms. The number of rotatable bonds is 2. The Labute approximate surface area is 120 Å². The summed E-state index contributed by atoms with van der Waals surface area (Å²) in [5.41, 5.74) is 3.34. The topological polar surface area (TPSA) is 57.7 Å². The minimum absolute atomic E-state index is 0.416. The summed E-state index contributed by atoms with van der Waals surface area (Å²) in [5.74, 6) is 0.795. The Morgan fingerprint density at radius 3 is 3.10 bits per heavy atom. The molecule has 5 nitrogen and oxygen atoms in total. The van der Waals surface area contributed by atoms with Gasteiger partial charge in [-0.05, 0) is 24.6 Å². The normalized spacial score (nSPS) is 18.5. The highest BCUT2D eigenvalue weighted by atomic mass is 19.1. The number of aromatic amines is 1. The van der Waals surface area contributed by atoms with Gasteiger partial charge in [-0.1, -0.05) is 0 Å². The molecule has 1 saturated heterocycles. The maximum atomic E-state index is 13.3. The molecule has 1 fully saturated rings. The number of hydrogen-bond acceptors (Lipinski definition) is 4. The van der Waals surface area contributed by atoms with E-state index >= 15 is 0 Å². The number of hydrogen-bond donors (Lipinski definition) is 1. The molecule has 3 aromatic heterocycles. The van der Waals surface area contributed by atoms with Gasteiger partial charge in [0.1, 0.15) is 17.5 Å². The summed E-state index contributed by atoms with van der Waals surface area (Å²) in [6, 6.07) is 5.73. The second-order valence-corrected chi connectivity index (χ2v) is 5.20. The van der Waals surface area contributed by atoms with Crippen LogP contribution in [0, 0.1) is 0 Å². The lowest BCUT2D eigenvalue weighted by Gasteiger charge is -2.16. The summed E-state index contributed by atoms with van der Waals surface area (Å²) in [6.45, 7) is 1.12. The van der Waals surface area contributed by atoms with E-state index in [1.165, 1.54) is 0 Å². The highest BCUT2D eigenvalue weighted by Gasteiger charge is 2.23. The first-order valence-electron chi connectivity index (χ1n) is 6.95. The zero-order valence-electron chi connectivity index (χ0n) is 11.3. The van der Waals surface area contributed by atoms with Crippen LogP contribution in [0.2, 0.25) is 0 Å². The minimum atomic E-state index is -0.758. The zero-order valence-corrected chi connectivity index (χ0v) is 11.3. The average molecular weight is 283 g/mol. The van der Waals surface area contributed by atoms with Crippen molar-refractivity contribution in [2.24, 2.45) is 0 Å². The molecule has 1 aliphatic rings. The monoisotopic (exact) mass is 283 g/mol. The van der Waals surface area contributed by atoms with Crippen molar-refractivity contribution in [1.29, 1.82) is 0 Å². The van der Waals surface area contributed by atoms with Crippen LogP contribution in [0.3, 0.4) is 0 Å². The number of pyridine rings is 1. The largest absolute Gasteiger partial charge is 0.354 e. The summed E-state index contributed by atoms with van der Waals surface area (Å²) in [5, 5.41) is 0. The standard InChI is InChI=1S/C15H14FN5/c16-11-3-6-21(9-11)14-7-10(1-4-17-14)13-8-19-15-12(20-13)2-5-18-15/h1-2,4-5,7-8,11H,3,6,9H2,(H,18,19)/t11-/m0/s1. The molecule has 1 N–H and O–H groups in total. The van der Waals surface area contributed by atoms with Crippen LogP contribution in [0.15, 0.2) is 36.8 Å². The molecule has 21 heavy (non-hydrogen) atoms. The van der Waals surface area contributed by atoms with E-state index in [2.05, 4.69) is 19.9 Å². The zero-order chi connectivity index (χ0) is 14.2. The van der Waals surface area contributed by atoms with Crippen molar-refractivity contribution < 1.29 is 4.39 Å². The van der Waals surface area contributed by atoms with Gasteiger partial charge in [0.15, 0.2) is 5.65 Å². The fourth-order valence-electron chi connectivity index (χ4n) is 2.65. The predicted molar refractivity (Wildman–Crippen MR) is 78.8 cm³/mol. The van der Waals surface area contributed by atoms with E-state index in [-0.39, 0.29) is 0 Å². The first-order valence-corrected chi connectivity index (χ1v) is 6.95. The predicted octanol–water partition coefficient (Wildman–Crippen LogP) is 2.57. The summed E-state index contributed by atoms with van der Waals surface area (Å²) >= 11 is 0. The van der Waals surface area contributed by atoms with Crippen molar-refractivity contribution in [3.63, 3.8) is 0 Å². The van der Waals surface area contributed by atoms with Gasteiger partial charge >= 0.3 is 0 Å². The van der Waals surface area contributed by atoms with Crippen molar-refractivity contribution in [2.75, 3.05) is 18.0 Å². The number of anilines is 1. The van der Waals surface area contributed by atoms with E-state index in [0.717, 1.165) is 28.2 Å². The van der Waals surface area contributed by atoms with Gasteiger partial charge in [0, 0.05) is 24.5 Å². The lowest BCUT2D eigenvalue weighted by Crippen LogP contribution is -2.20.